The van der Waals surface area contributed by atoms with E-state index in [1.807, 2.05) is 55.5 Å². The highest BCUT2D eigenvalue weighted by Gasteiger charge is 2.26. The van der Waals surface area contributed by atoms with Crippen LogP contribution in [-0.2, 0) is 11.3 Å². The maximum atomic E-state index is 13.3. The lowest BCUT2D eigenvalue weighted by atomic mass is 10.1. The Morgan fingerprint density at radius 1 is 1.24 bits per heavy atom. The van der Waals surface area contributed by atoms with Crippen molar-refractivity contribution in [2.75, 3.05) is 13.7 Å². The molecule has 0 radical (unpaired) electrons. The highest BCUT2D eigenvalue weighted by atomic mass is 32.2. The highest BCUT2D eigenvalue weighted by Crippen LogP contribution is 2.31. The van der Waals surface area contributed by atoms with Gasteiger partial charge in [-0.1, -0.05) is 30.0 Å². The van der Waals surface area contributed by atoms with Gasteiger partial charge in [0.05, 0.1) is 25.0 Å². The number of Topliss-reactive ketones (excluding diaryl/α,β-unsaturated/α-hetero) is 1. The zero-order chi connectivity index (χ0) is 22.8. The number of carbonyl (C=O) groups excluding carboxylic acids is 1. The van der Waals surface area contributed by atoms with Crippen molar-refractivity contribution >= 4 is 28.4 Å². The van der Waals surface area contributed by atoms with Crippen molar-refractivity contribution in [2.45, 2.75) is 42.8 Å². The molecule has 2 aromatic heterocycles. The lowest BCUT2D eigenvalue weighted by Crippen LogP contribution is -2.19. The van der Waals surface area contributed by atoms with Gasteiger partial charge in [0.2, 0.25) is 0 Å². The normalized spacial score (nSPS) is 16.8. The minimum Gasteiger partial charge on any atom is -0.497 e. The van der Waals surface area contributed by atoms with E-state index in [0.29, 0.717) is 12.1 Å². The smallest absolute Gasteiger partial charge is 0.192 e. The van der Waals surface area contributed by atoms with Crippen molar-refractivity contribution in [1.82, 2.24) is 19.7 Å². The third kappa shape index (κ3) is 4.41. The molecule has 3 heterocycles. The second kappa shape index (κ2) is 9.41. The number of hydrogen-bond donors (Lipinski definition) is 1. The van der Waals surface area contributed by atoms with Gasteiger partial charge >= 0.3 is 0 Å². The number of fused-ring (bicyclic) bond motifs is 1. The second-order valence-electron chi connectivity index (χ2n) is 8.15. The van der Waals surface area contributed by atoms with Crippen LogP contribution in [0, 0.1) is 0 Å². The molecule has 170 valence electrons. The number of aromatic nitrogens is 4. The molecule has 1 saturated heterocycles. The van der Waals surface area contributed by atoms with Crippen molar-refractivity contribution in [3.8, 4) is 17.1 Å². The lowest BCUT2D eigenvalue weighted by molar-refractivity contribution is 0.0953. The Morgan fingerprint density at radius 2 is 2.06 bits per heavy atom. The maximum Gasteiger partial charge on any atom is 0.192 e. The molecule has 5 rings (SSSR count). The van der Waals surface area contributed by atoms with E-state index in [-0.39, 0.29) is 17.1 Å². The number of H-pyrrole nitrogens is 1. The lowest BCUT2D eigenvalue weighted by Gasteiger charge is -2.16. The molecular formula is C25H26N4O3S. The topological polar surface area (TPSA) is 82.0 Å². The number of carbonyl (C=O) groups is 1. The van der Waals surface area contributed by atoms with Crippen LogP contribution in [-0.4, -0.2) is 50.6 Å². The van der Waals surface area contributed by atoms with Crippen LogP contribution >= 0.6 is 11.8 Å². The van der Waals surface area contributed by atoms with Gasteiger partial charge in [-0.2, -0.15) is 0 Å². The minimum atomic E-state index is -0.319. The summed E-state index contributed by atoms with van der Waals surface area (Å²) in [5.41, 5.74) is 2.61. The molecule has 0 saturated carbocycles. The van der Waals surface area contributed by atoms with E-state index < -0.39 is 0 Å². The average Bonchev–Trinajstić information content (AvgIpc) is 3.60. The number of nitrogens with zero attached hydrogens (tertiary/aromatic N) is 3. The van der Waals surface area contributed by atoms with Gasteiger partial charge in [-0.05, 0) is 50.1 Å². The summed E-state index contributed by atoms with van der Waals surface area (Å²) in [6, 6.07) is 15.6. The molecule has 1 N–H and O–H groups in total. The maximum absolute atomic E-state index is 13.3. The van der Waals surface area contributed by atoms with Crippen molar-refractivity contribution in [2.24, 2.45) is 0 Å². The molecule has 1 aliphatic rings. The summed E-state index contributed by atoms with van der Waals surface area (Å²) in [7, 11) is 1.65. The molecule has 1 aliphatic heterocycles. The van der Waals surface area contributed by atoms with Gasteiger partial charge in [-0.15, -0.1) is 10.2 Å². The molecule has 2 atom stereocenters. The Morgan fingerprint density at radius 3 is 2.82 bits per heavy atom. The third-order valence-corrected chi connectivity index (χ3v) is 7.06. The number of thioether (sulfide) groups is 1. The predicted molar refractivity (Wildman–Crippen MR) is 129 cm³/mol. The summed E-state index contributed by atoms with van der Waals surface area (Å²) in [6.07, 6.45) is 3.98. The number of para-hydroxylation sites is 1. The van der Waals surface area contributed by atoms with Gasteiger partial charge in [-0.25, -0.2) is 0 Å². The molecule has 7 nitrogen and oxygen atoms in total. The van der Waals surface area contributed by atoms with E-state index in [0.717, 1.165) is 52.6 Å². The Labute approximate surface area is 196 Å². The van der Waals surface area contributed by atoms with Gasteiger partial charge in [-0.3, -0.25) is 9.36 Å². The Hall–Kier alpha value is -3.10. The average molecular weight is 463 g/mol. The van der Waals surface area contributed by atoms with E-state index in [9.17, 15) is 4.79 Å². The van der Waals surface area contributed by atoms with Crippen molar-refractivity contribution in [3.05, 3.63) is 60.3 Å². The molecule has 2 aromatic carbocycles. The van der Waals surface area contributed by atoms with Crippen LogP contribution in [0.5, 0.6) is 5.75 Å². The Kier molecular flexibility index (Phi) is 6.20. The van der Waals surface area contributed by atoms with E-state index >= 15 is 0 Å². The number of nitrogens with one attached hydrogen (secondary N) is 1. The highest BCUT2D eigenvalue weighted by molar-refractivity contribution is 8.00. The molecular weight excluding hydrogens is 436 g/mol. The fraction of sp³-hybridized carbons (Fsp3) is 0.320. The van der Waals surface area contributed by atoms with Crippen LogP contribution < -0.4 is 4.74 Å². The molecule has 0 unspecified atom stereocenters. The minimum absolute atomic E-state index is 0.0649. The molecule has 0 bridgehead atoms. The first kappa shape index (κ1) is 21.7. The Bertz CT molecular complexity index is 1260. The summed E-state index contributed by atoms with van der Waals surface area (Å²) < 4.78 is 13.3. The summed E-state index contributed by atoms with van der Waals surface area (Å²) in [4.78, 5) is 16.5. The van der Waals surface area contributed by atoms with Gasteiger partial charge in [0.15, 0.2) is 16.8 Å². The number of hydrogen-bond acceptors (Lipinski definition) is 6. The van der Waals surface area contributed by atoms with E-state index in [4.69, 9.17) is 9.47 Å². The second-order valence-corrected chi connectivity index (χ2v) is 9.46. The molecule has 0 spiro atoms. The monoisotopic (exact) mass is 462 g/mol. The number of benzene rings is 2. The summed E-state index contributed by atoms with van der Waals surface area (Å²) >= 11 is 1.44. The fourth-order valence-corrected chi connectivity index (χ4v) is 5.12. The number of aromatic amines is 1. The van der Waals surface area contributed by atoms with Crippen molar-refractivity contribution < 1.29 is 14.3 Å². The first-order chi connectivity index (χ1) is 16.1. The molecule has 0 amide bonds. The molecule has 0 aliphatic carbocycles. The first-order valence-corrected chi connectivity index (χ1v) is 12.0. The van der Waals surface area contributed by atoms with E-state index in [1.165, 1.54) is 11.8 Å². The van der Waals surface area contributed by atoms with Gasteiger partial charge in [0, 0.05) is 34.8 Å². The number of rotatable bonds is 8. The van der Waals surface area contributed by atoms with Gasteiger partial charge in [0.1, 0.15) is 5.75 Å². The summed E-state index contributed by atoms with van der Waals surface area (Å²) in [5, 5.41) is 10.3. The molecule has 4 aromatic rings. The van der Waals surface area contributed by atoms with Crippen molar-refractivity contribution in [1.29, 1.82) is 0 Å². The number of methoxy groups -OCH3 is 1. The van der Waals surface area contributed by atoms with Crippen LogP contribution in [0.1, 0.15) is 30.1 Å². The number of ether oxygens (including phenoxy) is 2. The predicted octanol–water partition coefficient (Wildman–Crippen LogP) is 4.98. The number of ketones is 1. The molecule has 8 heteroatoms. The SMILES string of the molecule is COc1ccc(-c2nnc(S[C@@H](C)C(=O)c3c[nH]c4ccccc34)n2C[C@@H]2CCCO2)cc1. The zero-order valence-electron chi connectivity index (χ0n) is 18.7. The van der Waals surface area contributed by atoms with E-state index in [2.05, 4.69) is 19.7 Å². The first-order valence-electron chi connectivity index (χ1n) is 11.1. The summed E-state index contributed by atoms with van der Waals surface area (Å²) in [6.45, 7) is 3.36. The zero-order valence-corrected chi connectivity index (χ0v) is 19.5. The van der Waals surface area contributed by atoms with Gasteiger partial charge < -0.3 is 14.5 Å². The van der Waals surface area contributed by atoms with Gasteiger partial charge in [0.25, 0.3) is 0 Å². The van der Waals surface area contributed by atoms with Crippen LogP contribution in [0.4, 0.5) is 0 Å². The van der Waals surface area contributed by atoms with Crippen LogP contribution in [0.2, 0.25) is 0 Å². The Balaban J connectivity index is 1.43. The molecule has 33 heavy (non-hydrogen) atoms. The standard InChI is InChI=1S/C25H26N4O3S/c1-16(23(30)21-14-26-22-8-4-3-7-20(21)22)33-25-28-27-24(17-9-11-18(31-2)12-10-17)29(25)15-19-6-5-13-32-19/h3-4,7-12,14,16,19,26H,5-6,13,15H2,1-2H3/t16-,19-/m0/s1. The van der Waals surface area contributed by atoms with Crippen LogP contribution in [0.3, 0.4) is 0 Å². The summed E-state index contributed by atoms with van der Waals surface area (Å²) in [5.74, 6) is 1.62. The fourth-order valence-electron chi connectivity index (χ4n) is 4.19. The third-order valence-electron chi connectivity index (χ3n) is 5.98. The van der Waals surface area contributed by atoms with Crippen molar-refractivity contribution in [3.63, 3.8) is 0 Å². The van der Waals surface area contributed by atoms with E-state index in [1.54, 1.807) is 13.3 Å². The van der Waals surface area contributed by atoms with Crippen LogP contribution in [0.25, 0.3) is 22.3 Å². The van der Waals surface area contributed by atoms with Crippen LogP contribution in [0.15, 0.2) is 59.9 Å². The molecule has 1 fully saturated rings. The largest absolute Gasteiger partial charge is 0.497 e. The quantitative estimate of drug-likeness (QED) is 0.294.